The van der Waals surface area contributed by atoms with E-state index in [1.54, 1.807) is 0 Å². The highest BCUT2D eigenvalue weighted by Gasteiger charge is 2.37. The second kappa shape index (κ2) is 9.72. The van der Waals surface area contributed by atoms with Crippen LogP contribution in [0, 0.1) is 11.6 Å². The molecule has 1 saturated heterocycles. The van der Waals surface area contributed by atoms with E-state index >= 15 is 0 Å². The minimum absolute atomic E-state index is 0.0667. The summed E-state index contributed by atoms with van der Waals surface area (Å²) in [6, 6.07) is 2.70. The van der Waals surface area contributed by atoms with Crippen molar-refractivity contribution in [1.29, 1.82) is 0 Å². The first-order chi connectivity index (χ1) is 17.7. The standard InChI is InChI=1S/C23H26F5N9/c1-3-12-10-36(11-13(4-2)31-12)22-34-20(21-30-9-16(23(26,27)28)37(21)35-22)29-8-7-17-32-15-6-5-14(24)18(25)19(15)33-17/h5-6,9,12-13,31H,3-4,7-8,10-11H2,1-2H3,(H,32,33)(H,29,34,35)/t12-,13+. The Kier molecular flexibility index (Phi) is 6.60. The van der Waals surface area contributed by atoms with Crippen LogP contribution in [-0.2, 0) is 12.6 Å². The number of halogens is 5. The summed E-state index contributed by atoms with van der Waals surface area (Å²) in [5.41, 5.74) is -0.834. The van der Waals surface area contributed by atoms with Gasteiger partial charge in [0.15, 0.2) is 28.8 Å². The molecular formula is C23H26F5N9. The lowest BCUT2D eigenvalue weighted by molar-refractivity contribution is -0.142. The largest absolute Gasteiger partial charge is 0.435 e. The molecule has 3 aromatic heterocycles. The quantitative estimate of drug-likeness (QED) is 0.316. The topological polar surface area (TPSA) is 99.1 Å². The van der Waals surface area contributed by atoms with Gasteiger partial charge in [-0.2, -0.15) is 18.2 Å². The van der Waals surface area contributed by atoms with Crippen molar-refractivity contribution in [1.82, 2.24) is 34.9 Å². The van der Waals surface area contributed by atoms with Crippen LogP contribution in [0.5, 0.6) is 0 Å². The fourth-order valence-electron chi connectivity index (χ4n) is 4.50. The fraction of sp³-hybridized carbons (Fsp3) is 0.478. The Morgan fingerprint density at radius 1 is 1.08 bits per heavy atom. The summed E-state index contributed by atoms with van der Waals surface area (Å²) in [5.74, 6) is -1.36. The van der Waals surface area contributed by atoms with Crippen molar-refractivity contribution in [3.8, 4) is 0 Å². The maximum Gasteiger partial charge on any atom is 0.435 e. The molecule has 0 saturated carbocycles. The van der Waals surface area contributed by atoms with Gasteiger partial charge in [0.05, 0.1) is 11.7 Å². The number of nitrogens with one attached hydrogen (secondary N) is 3. The number of anilines is 2. The Morgan fingerprint density at radius 2 is 1.81 bits per heavy atom. The van der Waals surface area contributed by atoms with E-state index in [0.29, 0.717) is 24.4 Å². The zero-order chi connectivity index (χ0) is 26.3. The van der Waals surface area contributed by atoms with Crippen LogP contribution in [0.15, 0.2) is 18.3 Å². The molecule has 1 aliphatic rings. The number of nitrogens with zero attached hydrogens (tertiary/aromatic N) is 6. The van der Waals surface area contributed by atoms with Crippen LogP contribution in [0.3, 0.4) is 0 Å². The van der Waals surface area contributed by atoms with Gasteiger partial charge in [-0.25, -0.2) is 23.3 Å². The molecule has 1 aromatic carbocycles. The van der Waals surface area contributed by atoms with E-state index in [1.165, 1.54) is 6.07 Å². The Labute approximate surface area is 208 Å². The maximum absolute atomic E-state index is 14.0. The summed E-state index contributed by atoms with van der Waals surface area (Å²) in [6.45, 7) is 5.38. The molecule has 0 amide bonds. The summed E-state index contributed by atoms with van der Waals surface area (Å²) in [7, 11) is 0. The summed E-state index contributed by atoms with van der Waals surface area (Å²) in [6.07, 6.45) is -1.98. The van der Waals surface area contributed by atoms with Gasteiger partial charge < -0.3 is 20.5 Å². The van der Waals surface area contributed by atoms with E-state index in [4.69, 9.17) is 0 Å². The van der Waals surface area contributed by atoms with Gasteiger partial charge in [0, 0.05) is 38.1 Å². The predicted octanol–water partition coefficient (Wildman–Crippen LogP) is 3.92. The van der Waals surface area contributed by atoms with Gasteiger partial charge in [0.1, 0.15) is 11.3 Å². The lowest BCUT2D eigenvalue weighted by atomic mass is 10.1. The molecule has 2 atom stereocenters. The summed E-state index contributed by atoms with van der Waals surface area (Å²) in [4.78, 5) is 17.4. The number of piperazine rings is 1. The van der Waals surface area contributed by atoms with Gasteiger partial charge in [0.25, 0.3) is 0 Å². The highest BCUT2D eigenvalue weighted by atomic mass is 19.4. The lowest BCUT2D eigenvalue weighted by Gasteiger charge is -2.38. The molecular weight excluding hydrogens is 497 g/mol. The highest BCUT2D eigenvalue weighted by molar-refractivity contribution is 5.75. The molecule has 1 aliphatic heterocycles. The highest BCUT2D eigenvalue weighted by Crippen LogP contribution is 2.31. The third-order valence-corrected chi connectivity index (χ3v) is 6.51. The van der Waals surface area contributed by atoms with Crippen molar-refractivity contribution in [2.24, 2.45) is 0 Å². The molecule has 37 heavy (non-hydrogen) atoms. The summed E-state index contributed by atoms with van der Waals surface area (Å²) >= 11 is 0. The molecule has 0 unspecified atom stereocenters. The predicted molar refractivity (Wildman–Crippen MR) is 127 cm³/mol. The second-order valence-corrected chi connectivity index (χ2v) is 9.04. The molecule has 1 fully saturated rings. The minimum atomic E-state index is -4.66. The number of alkyl halides is 3. The fourth-order valence-corrected chi connectivity index (χ4v) is 4.50. The lowest BCUT2D eigenvalue weighted by Crippen LogP contribution is -2.56. The summed E-state index contributed by atoms with van der Waals surface area (Å²) in [5, 5.41) is 10.8. The van der Waals surface area contributed by atoms with Gasteiger partial charge >= 0.3 is 6.18 Å². The number of benzene rings is 1. The smallest absolute Gasteiger partial charge is 0.366 e. The van der Waals surface area contributed by atoms with Crippen molar-refractivity contribution >= 4 is 28.4 Å². The Bertz CT molecular complexity index is 1400. The van der Waals surface area contributed by atoms with Gasteiger partial charge in [-0.1, -0.05) is 13.8 Å². The first kappa shape index (κ1) is 25.1. The molecule has 0 aliphatic carbocycles. The Morgan fingerprint density at radius 3 is 2.49 bits per heavy atom. The number of hydrogen-bond donors (Lipinski definition) is 3. The molecule has 198 valence electrons. The zero-order valence-corrected chi connectivity index (χ0v) is 20.2. The molecule has 5 rings (SSSR count). The van der Waals surface area contributed by atoms with E-state index in [0.717, 1.165) is 29.6 Å². The van der Waals surface area contributed by atoms with E-state index in [-0.39, 0.29) is 48.0 Å². The number of fused-ring (bicyclic) bond motifs is 2. The van der Waals surface area contributed by atoms with Crippen LogP contribution in [0.1, 0.15) is 38.2 Å². The number of H-pyrrole nitrogens is 1. The zero-order valence-electron chi connectivity index (χ0n) is 20.2. The molecule has 0 radical (unpaired) electrons. The maximum atomic E-state index is 14.0. The molecule has 4 heterocycles. The molecule has 14 heteroatoms. The van der Waals surface area contributed by atoms with Crippen molar-refractivity contribution in [3.05, 3.63) is 41.5 Å². The Balaban J connectivity index is 1.44. The first-order valence-corrected chi connectivity index (χ1v) is 12.1. The average molecular weight is 524 g/mol. The Hall–Kier alpha value is -3.55. The number of rotatable bonds is 7. The van der Waals surface area contributed by atoms with Crippen LogP contribution in [-0.4, -0.2) is 61.3 Å². The van der Waals surface area contributed by atoms with Crippen LogP contribution in [0.25, 0.3) is 16.7 Å². The van der Waals surface area contributed by atoms with Crippen molar-refractivity contribution in [2.45, 2.75) is 51.4 Å². The number of aromatic amines is 1. The van der Waals surface area contributed by atoms with Gasteiger partial charge in [-0.3, -0.25) is 0 Å². The second-order valence-electron chi connectivity index (χ2n) is 9.04. The van der Waals surface area contributed by atoms with Crippen LogP contribution >= 0.6 is 0 Å². The van der Waals surface area contributed by atoms with Gasteiger partial charge in [-0.15, -0.1) is 5.10 Å². The SMILES string of the molecule is CC[C@@H]1CN(c2nc(NCCc3nc4c(F)c(F)ccc4[nH]3)c3ncc(C(F)(F)F)n3n2)C[C@H](CC)N1. The van der Waals surface area contributed by atoms with Gasteiger partial charge in [-0.05, 0) is 25.0 Å². The molecule has 3 N–H and O–H groups in total. The van der Waals surface area contributed by atoms with Crippen LogP contribution < -0.4 is 15.5 Å². The van der Waals surface area contributed by atoms with E-state index in [9.17, 15) is 22.0 Å². The van der Waals surface area contributed by atoms with Crippen molar-refractivity contribution < 1.29 is 22.0 Å². The monoisotopic (exact) mass is 523 g/mol. The molecule has 4 aromatic rings. The first-order valence-electron chi connectivity index (χ1n) is 12.1. The van der Waals surface area contributed by atoms with Crippen molar-refractivity contribution in [2.75, 3.05) is 29.9 Å². The van der Waals surface area contributed by atoms with E-state index in [1.807, 2.05) is 18.7 Å². The van der Waals surface area contributed by atoms with Crippen LogP contribution in [0.2, 0.25) is 0 Å². The normalized spacial score (nSPS) is 18.7. The van der Waals surface area contributed by atoms with E-state index < -0.39 is 23.5 Å². The third-order valence-electron chi connectivity index (χ3n) is 6.51. The average Bonchev–Trinajstić information content (AvgIpc) is 3.50. The van der Waals surface area contributed by atoms with Crippen molar-refractivity contribution in [3.63, 3.8) is 0 Å². The number of aromatic nitrogens is 6. The molecule has 0 bridgehead atoms. The summed E-state index contributed by atoms with van der Waals surface area (Å²) < 4.78 is 69.3. The number of hydrogen-bond acceptors (Lipinski definition) is 7. The van der Waals surface area contributed by atoms with E-state index in [2.05, 4.69) is 35.7 Å². The van der Waals surface area contributed by atoms with Gasteiger partial charge in [0.2, 0.25) is 5.95 Å². The minimum Gasteiger partial charge on any atom is -0.366 e. The number of imidazole rings is 2. The van der Waals surface area contributed by atoms with Crippen LogP contribution in [0.4, 0.5) is 33.7 Å². The molecule has 0 spiro atoms. The third kappa shape index (κ3) is 4.89. The molecule has 9 nitrogen and oxygen atoms in total.